The Kier molecular flexibility index (Phi) is 6.45. The van der Waals surface area contributed by atoms with E-state index in [9.17, 15) is 0 Å². The molecular weight excluding hydrogens is 272 g/mol. The molecule has 0 saturated carbocycles. The molecule has 0 saturated heterocycles. The highest BCUT2D eigenvalue weighted by atomic mass is 16.5. The lowest BCUT2D eigenvalue weighted by molar-refractivity contribution is -0.0378. The highest BCUT2D eigenvalue weighted by Gasteiger charge is 2.10. The molecule has 0 amide bonds. The minimum atomic E-state index is -0.174. The Morgan fingerprint density at radius 2 is 2.00 bits per heavy atom. The van der Waals surface area contributed by atoms with Gasteiger partial charge in [-0.3, -0.25) is 0 Å². The number of hydrogen-bond donors (Lipinski definition) is 2. The average Bonchev–Trinajstić information content (AvgIpc) is 2.44. The lowest BCUT2D eigenvalue weighted by Crippen LogP contribution is -2.21. The first kappa shape index (κ1) is 17.3. The molecule has 0 atom stereocenters. The number of oxime groups is 1. The fraction of sp³-hybridized carbons (Fsp3) is 0.533. The van der Waals surface area contributed by atoms with Crippen LogP contribution < -0.4 is 10.5 Å². The van der Waals surface area contributed by atoms with E-state index in [1.54, 1.807) is 25.3 Å². The lowest BCUT2D eigenvalue weighted by atomic mass is 10.1. The van der Waals surface area contributed by atoms with Crippen LogP contribution >= 0.6 is 0 Å². The average molecular weight is 296 g/mol. The minimum Gasteiger partial charge on any atom is -0.496 e. The fourth-order valence-electron chi connectivity index (χ4n) is 1.70. The summed E-state index contributed by atoms with van der Waals surface area (Å²) in [7, 11) is 1.59. The van der Waals surface area contributed by atoms with Gasteiger partial charge in [-0.15, -0.1) is 0 Å². The molecule has 0 heterocycles. The van der Waals surface area contributed by atoms with E-state index in [2.05, 4.69) is 5.16 Å². The number of benzene rings is 1. The topological polar surface area (TPSA) is 86.3 Å². The zero-order valence-corrected chi connectivity index (χ0v) is 13.0. The van der Waals surface area contributed by atoms with Gasteiger partial charge in [0.05, 0.1) is 32.5 Å². The molecule has 0 aliphatic rings. The maximum absolute atomic E-state index is 8.71. The number of rotatable bonds is 7. The number of amidine groups is 1. The van der Waals surface area contributed by atoms with Crippen molar-refractivity contribution in [2.75, 3.05) is 20.3 Å². The molecular formula is C15H24N2O4. The van der Waals surface area contributed by atoms with Crippen molar-refractivity contribution in [3.05, 3.63) is 29.3 Å². The molecule has 0 bridgehead atoms. The van der Waals surface area contributed by atoms with Crippen LogP contribution in [-0.4, -0.2) is 37.0 Å². The predicted molar refractivity (Wildman–Crippen MR) is 80.9 cm³/mol. The van der Waals surface area contributed by atoms with Crippen molar-refractivity contribution in [2.24, 2.45) is 10.9 Å². The number of nitrogens with zero attached hydrogens (tertiary/aromatic N) is 1. The highest BCUT2D eigenvalue weighted by Crippen LogP contribution is 2.21. The van der Waals surface area contributed by atoms with E-state index in [0.29, 0.717) is 31.1 Å². The summed E-state index contributed by atoms with van der Waals surface area (Å²) >= 11 is 0. The van der Waals surface area contributed by atoms with Gasteiger partial charge in [-0.25, -0.2) is 0 Å². The van der Waals surface area contributed by atoms with E-state index < -0.39 is 0 Å². The first-order valence-electron chi connectivity index (χ1n) is 6.74. The normalized spacial score (nSPS) is 12.5. The Bertz CT molecular complexity index is 481. The lowest BCUT2D eigenvalue weighted by Gasteiger charge is -2.19. The van der Waals surface area contributed by atoms with Crippen molar-refractivity contribution in [1.29, 1.82) is 0 Å². The van der Waals surface area contributed by atoms with Crippen molar-refractivity contribution in [3.8, 4) is 5.75 Å². The van der Waals surface area contributed by atoms with Gasteiger partial charge in [-0.2, -0.15) is 0 Å². The number of hydrogen-bond acceptors (Lipinski definition) is 5. The summed E-state index contributed by atoms with van der Waals surface area (Å²) in [5.41, 5.74) is 6.85. The van der Waals surface area contributed by atoms with Crippen LogP contribution in [0.5, 0.6) is 5.75 Å². The van der Waals surface area contributed by atoms with Crippen molar-refractivity contribution in [3.63, 3.8) is 0 Å². The van der Waals surface area contributed by atoms with Crippen LogP contribution in [0.15, 0.2) is 23.4 Å². The summed E-state index contributed by atoms with van der Waals surface area (Å²) in [4.78, 5) is 0. The van der Waals surface area contributed by atoms with Crippen LogP contribution in [0.25, 0.3) is 0 Å². The maximum atomic E-state index is 8.71. The molecule has 0 spiro atoms. The Morgan fingerprint density at radius 1 is 1.29 bits per heavy atom. The van der Waals surface area contributed by atoms with Gasteiger partial charge in [0.1, 0.15) is 5.75 Å². The van der Waals surface area contributed by atoms with Gasteiger partial charge in [0.15, 0.2) is 5.84 Å². The summed E-state index contributed by atoms with van der Waals surface area (Å²) in [6, 6.07) is 5.26. The number of methoxy groups -OCH3 is 1. The number of ether oxygens (including phenoxy) is 3. The molecule has 0 aliphatic carbocycles. The summed E-state index contributed by atoms with van der Waals surface area (Å²) in [5, 5.41) is 11.7. The number of nitrogens with two attached hydrogens (primary N) is 1. The van der Waals surface area contributed by atoms with Crippen LogP contribution in [0.1, 0.15) is 31.9 Å². The fourth-order valence-corrected chi connectivity index (χ4v) is 1.70. The Labute approximate surface area is 125 Å². The van der Waals surface area contributed by atoms with Gasteiger partial charge < -0.3 is 25.2 Å². The molecule has 6 heteroatoms. The predicted octanol–water partition coefficient (Wildman–Crippen LogP) is 2.12. The molecule has 118 valence electrons. The second kappa shape index (κ2) is 7.85. The first-order chi connectivity index (χ1) is 9.87. The van der Waals surface area contributed by atoms with E-state index in [1.807, 2.05) is 20.8 Å². The second-order valence-corrected chi connectivity index (χ2v) is 5.53. The van der Waals surface area contributed by atoms with Crippen molar-refractivity contribution in [2.45, 2.75) is 33.0 Å². The van der Waals surface area contributed by atoms with Crippen molar-refractivity contribution in [1.82, 2.24) is 0 Å². The summed E-state index contributed by atoms with van der Waals surface area (Å²) in [6.07, 6.45) is 0. The molecule has 0 radical (unpaired) electrons. The zero-order chi connectivity index (χ0) is 15.9. The Morgan fingerprint density at radius 3 is 2.57 bits per heavy atom. The molecule has 6 nitrogen and oxygen atoms in total. The third kappa shape index (κ3) is 6.01. The van der Waals surface area contributed by atoms with E-state index >= 15 is 0 Å². The van der Waals surface area contributed by atoms with Gasteiger partial charge in [-0.05, 0) is 39.0 Å². The van der Waals surface area contributed by atoms with E-state index in [0.717, 1.165) is 5.56 Å². The summed E-state index contributed by atoms with van der Waals surface area (Å²) in [6.45, 7) is 7.35. The van der Waals surface area contributed by atoms with E-state index in [4.69, 9.17) is 25.2 Å². The summed E-state index contributed by atoms with van der Waals surface area (Å²) in [5.74, 6) is 0.746. The van der Waals surface area contributed by atoms with Crippen LogP contribution in [-0.2, 0) is 16.1 Å². The van der Waals surface area contributed by atoms with Crippen molar-refractivity contribution >= 4 is 5.84 Å². The third-order valence-corrected chi connectivity index (χ3v) is 2.70. The smallest absolute Gasteiger partial charge is 0.170 e. The van der Waals surface area contributed by atoms with Gasteiger partial charge >= 0.3 is 0 Å². The maximum Gasteiger partial charge on any atom is 0.170 e. The molecule has 21 heavy (non-hydrogen) atoms. The van der Waals surface area contributed by atoms with Crippen LogP contribution in [0.3, 0.4) is 0 Å². The quantitative estimate of drug-likeness (QED) is 0.265. The standard InChI is InChI=1S/C15H24N2O4/c1-15(2,3)21-8-7-20-10-12-9-11(14(16)17-18)5-6-13(12)19-4/h5-6,9,18H,7-8,10H2,1-4H3,(H2,16,17). The third-order valence-electron chi connectivity index (χ3n) is 2.70. The summed E-state index contributed by atoms with van der Waals surface area (Å²) < 4.78 is 16.4. The van der Waals surface area contributed by atoms with Crippen LogP contribution in [0.4, 0.5) is 0 Å². The first-order valence-corrected chi connectivity index (χ1v) is 6.74. The SMILES string of the molecule is COc1ccc(/C(N)=N/O)cc1COCCOC(C)(C)C. The molecule has 0 aromatic heterocycles. The van der Waals surface area contributed by atoms with Crippen LogP contribution in [0.2, 0.25) is 0 Å². The van der Waals surface area contributed by atoms with E-state index in [1.165, 1.54) is 0 Å². The van der Waals surface area contributed by atoms with Crippen molar-refractivity contribution < 1.29 is 19.4 Å². The monoisotopic (exact) mass is 296 g/mol. The van der Waals surface area contributed by atoms with Crippen LogP contribution in [0, 0.1) is 0 Å². The molecule has 0 unspecified atom stereocenters. The largest absolute Gasteiger partial charge is 0.496 e. The Hall–Kier alpha value is -1.79. The Balaban J connectivity index is 2.60. The van der Waals surface area contributed by atoms with Gasteiger partial charge in [0, 0.05) is 11.1 Å². The molecule has 1 aromatic rings. The van der Waals surface area contributed by atoms with Gasteiger partial charge in [0.2, 0.25) is 0 Å². The van der Waals surface area contributed by atoms with Gasteiger partial charge in [0.25, 0.3) is 0 Å². The zero-order valence-electron chi connectivity index (χ0n) is 13.0. The molecule has 1 aromatic carbocycles. The second-order valence-electron chi connectivity index (χ2n) is 5.53. The van der Waals surface area contributed by atoms with E-state index in [-0.39, 0.29) is 11.4 Å². The molecule has 0 fully saturated rings. The highest BCUT2D eigenvalue weighted by molar-refractivity contribution is 5.97. The van der Waals surface area contributed by atoms with Gasteiger partial charge in [-0.1, -0.05) is 5.16 Å². The molecule has 0 aliphatic heterocycles. The minimum absolute atomic E-state index is 0.0509. The molecule has 3 N–H and O–H groups in total. The molecule has 1 rings (SSSR count).